The number of nitrogens with two attached hydrogens (primary N) is 1. The molecule has 0 saturated carbocycles. The van der Waals surface area contributed by atoms with Crippen LogP contribution in [0.25, 0.3) is 0 Å². The van der Waals surface area contributed by atoms with E-state index in [1.807, 2.05) is 31.2 Å². The summed E-state index contributed by atoms with van der Waals surface area (Å²) >= 11 is 3.45. The Hall–Kier alpha value is -1.06. The molecule has 0 saturated heterocycles. The summed E-state index contributed by atoms with van der Waals surface area (Å²) in [6.07, 6.45) is 0.784. The summed E-state index contributed by atoms with van der Waals surface area (Å²) in [5.74, 6) is 1.75. The van der Waals surface area contributed by atoms with Crippen LogP contribution in [-0.2, 0) is 6.42 Å². The van der Waals surface area contributed by atoms with E-state index in [9.17, 15) is 0 Å². The molecule has 1 aromatic heterocycles. The number of hydrogen-bond acceptors (Lipinski definition) is 2. The SMILES string of the molecule is Cc1ccc(C(N)Cc2cccc(Br)c2)o1. The van der Waals surface area contributed by atoms with Crippen molar-refractivity contribution in [2.75, 3.05) is 0 Å². The average molecular weight is 280 g/mol. The van der Waals surface area contributed by atoms with Gasteiger partial charge < -0.3 is 10.2 Å². The largest absolute Gasteiger partial charge is 0.465 e. The van der Waals surface area contributed by atoms with E-state index in [0.29, 0.717) is 0 Å². The Kier molecular flexibility index (Phi) is 3.46. The molecule has 1 aromatic carbocycles. The van der Waals surface area contributed by atoms with Crippen molar-refractivity contribution in [1.82, 2.24) is 0 Å². The van der Waals surface area contributed by atoms with E-state index in [1.54, 1.807) is 0 Å². The van der Waals surface area contributed by atoms with Gasteiger partial charge in [-0.25, -0.2) is 0 Å². The molecule has 0 fully saturated rings. The van der Waals surface area contributed by atoms with Gasteiger partial charge in [-0.3, -0.25) is 0 Å². The molecule has 2 rings (SSSR count). The van der Waals surface area contributed by atoms with Crippen LogP contribution in [-0.4, -0.2) is 0 Å². The Morgan fingerprint density at radius 3 is 2.75 bits per heavy atom. The van der Waals surface area contributed by atoms with Crippen LogP contribution in [0.3, 0.4) is 0 Å². The Balaban J connectivity index is 2.10. The highest BCUT2D eigenvalue weighted by Crippen LogP contribution is 2.20. The Bertz CT molecular complexity index is 478. The fourth-order valence-electron chi connectivity index (χ4n) is 1.67. The lowest BCUT2D eigenvalue weighted by molar-refractivity contribution is 0.445. The molecule has 0 amide bonds. The van der Waals surface area contributed by atoms with E-state index < -0.39 is 0 Å². The minimum Gasteiger partial charge on any atom is -0.465 e. The van der Waals surface area contributed by atoms with Crippen LogP contribution in [0, 0.1) is 6.92 Å². The number of benzene rings is 1. The third-order valence-electron chi connectivity index (χ3n) is 2.47. The molecule has 3 heteroatoms. The lowest BCUT2D eigenvalue weighted by Crippen LogP contribution is -2.12. The molecule has 1 heterocycles. The summed E-state index contributed by atoms with van der Waals surface area (Å²) in [5, 5.41) is 0. The van der Waals surface area contributed by atoms with Gasteiger partial charge in [-0.15, -0.1) is 0 Å². The van der Waals surface area contributed by atoms with E-state index in [4.69, 9.17) is 10.2 Å². The lowest BCUT2D eigenvalue weighted by Gasteiger charge is -2.09. The Morgan fingerprint density at radius 2 is 2.12 bits per heavy atom. The zero-order valence-corrected chi connectivity index (χ0v) is 10.7. The molecular formula is C13H14BrNO. The van der Waals surface area contributed by atoms with Gasteiger partial charge in [-0.2, -0.15) is 0 Å². The fourth-order valence-corrected chi connectivity index (χ4v) is 2.12. The maximum absolute atomic E-state index is 6.08. The molecule has 84 valence electrons. The molecule has 2 nitrogen and oxygen atoms in total. The first-order valence-corrected chi connectivity index (χ1v) is 6.01. The van der Waals surface area contributed by atoms with Crippen LogP contribution in [0.2, 0.25) is 0 Å². The van der Waals surface area contributed by atoms with Gasteiger partial charge in [-0.05, 0) is 43.2 Å². The third kappa shape index (κ3) is 2.74. The fraction of sp³-hybridized carbons (Fsp3) is 0.231. The highest BCUT2D eigenvalue weighted by molar-refractivity contribution is 9.10. The van der Waals surface area contributed by atoms with Crippen molar-refractivity contribution in [3.05, 3.63) is 58.0 Å². The van der Waals surface area contributed by atoms with Crippen LogP contribution in [0.5, 0.6) is 0 Å². The lowest BCUT2D eigenvalue weighted by atomic mass is 10.1. The molecule has 1 unspecified atom stereocenters. The Labute approximate surface area is 104 Å². The maximum Gasteiger partial charge on any atom is 0.121 e. The first-order valence-electron chi connectivity index (χ1n) is 5.21. The van der Waals surface area contributed by atoms with Gasteiger partial charge in [0, 0.05) is 4.47 Å². The first kappa shape index (κ1) is 11.4. The van der Waals surface area contributed by atoms with Gasteiger partial charge in [0.15, 0.2) is 0 Å². The summed E-state index contributed by atoms with van der Waals surface area (Å²) in [6.45, 7) is 1.93. The molecule has 0 aliphatic carbocycles. The van der Waals surface area contributed by atoms with E-state index >= 15 is 0 Å². The molecule has 1 atom stereocenters. The number of rotatable bonds is 3. The molecule has 0 spiro atoms. The molecule has 0 aliphatic rings. The van der Waals surface area contributed by atoms with Crippen molar-refractivity contribution >= 4 is 15.9 Å². The smallest absolute Gasteiger partial charge is 0.121 e. The summed E-state index contributed by atoms with van der Waals surface area (Å²) in [7, 11) is 0. The molecule has 16 heavy (non-hydrogen) atoms. The van der Waals surface area contributed by atoms with Crippen molar-refractivity contribution in [2.24, 2.45) is 5.73 Å². The number of hydrogen-bond donors (Lipinski definition) is 1. The van der Waals surface area contributed by atoms with Gasteiger partial charge in [0.2, 0.25) is 0 Å². The number of halogens is 1. The second-order valence-corrected chi connectivity index (χ2v) is 4.80. The van der Waals surface area contributed by atoms with Crippen LogP contribution in [0.15, 0.2) is 45.3 Å². The molecule has 0 aliphatic heterocycles. The highest BCUT2D eigenvalue weighted by Gasteiger charge is 2.10. The molecule has 0 bridgehead atoms. The van der Waals surface area contributed by atoms with Gasteiger partial charge >= 0.3 is 0 Å². The standard InChI is InChI=1S/C13H14BrNO/c1-9-5-6-13(16-9)12(15)8-10-3-2-4-11(14)7-10/h2-7,12H,8,15H2,1H3. The minimum atomic E-state index is -0.0806. The van der Waals surface area contributed by atoms with Crippen molar-refractivity contribution in [3.63, 3.8) is 0 Å². The van der Waals surface area contributed by atoms with Gasteiger partial charge in [0.1, 0.15) is 11.5 Å². The zero-order chi connectivity index (χ0) is 11.5. The van der Waals surface area contributed by atoms with E-state index in [0.717, 1.165) is 22.4 Å². The van der Waals surface area contributed by atoms with Crippen LogP contribution < -0.4 is 5.73 Å². The molecular weight excluding hydrogens is 266 g/mol. The van der Waals surface area contributed by atoms with Crippen molar-refractivity contribution in [3.8, 4) is 0 Å². The predicted molar refractivity (Wildman–Crippen MR) is 68.2 cm³/mol. The maximum atomic E-state index is 6.08. The van der Waals surface area contributed by atoms with Gasteiger partial charge in [-0.1, -0.05) is 28.1 Å². The number of aryl methyl sites for hydroxylation is 1. The van der Waals surface area contributed by atoms with Gasteiger partial charge in [0.05, 0.1) is 6.04 Å². The van der Waals surface area contributed by atoms with Crippen molar-refractivity contribution < 1.29 is 4.42 Å². The second kappa shape index (κ2) is 4.85. The van der Waals surface area contributed by atoms with E-state index in [-0.39, 0.29) is 6.04 Å². The molecule has 0 radical (unpaired) electrons. The average Bonchev–Trinajstić information content (AvgIpc) is 2.65. The van der Waals surface area contributed by atoms with Crippen LogP contribution in [0.4, 0.5) is 0 Å². The zero-order valence-electron chi connectivity index (χ0n) is 9.11. The molecule has 2 N–H and O–H groups in total. The summed E-state index contributed by atoms with van der Waals surface area (Å²) < 4.78 is 6.59. The highest BCUT2D eigenvalue weighted by atomic mass is 79.9. The van der Waals surface area contributed by atoms with Crippen LogP contribution >= 0.6 is 15.9 Å². The topological polar surface area (TPSA) is 39.2 Å². The third-order valence-corrected chi connectivity index (χ3v) is 2.96. The summed E-state index contributed by atoms with van der Waals surface area (Å²) in [5.41, 5.74) is 7.29. The summed E-state index contributed by atoms with van der Waals surface area (Å²) in [4.78, 5) is 0. The van der Waals surface area contributed by atoms with Crippen LogP contribution in [0.1, 0.15) is 23.1 Å². The predicted octanol–water partition coefficient (Wildman–Crippen LogP) is 3.59. The number of furan rings is 1. The minimum absolute atomic E-state index is 0.0806. The van der Waals surface area contributed by atoms with Gasteiger partial charge in [0.25, 0.3) is 0 Å². The van der Waals surface area contributed by atoms with Crippen molar-refractivity contribution in [1.29, 1.82) is 0 Å². The second-order valence-electron chi connectivity index (χ2n) is 3.89. The van der Waals surface area contributed by atoms with Crippen molar-refractivity contribution in [2.45, 2.75) is 19.4 Å². The quantitative estimate of drug-likeness (QED) is 0.933. The first-order chi connectivity index (χ1) is 7.65. The van der Waals surface area contributed by atoms with E-state index in [1.165, 1.54) is 5.56 Å². The molecule has 2 aromatic rings. The summed E-state index contributed by atoms with van der Waals surface area (Å²) in [6, 6.07) is 12.0. The van der Waals surface area contributed by atoms with E-state index in [2.05, 4.69) is 28.1 Å². The normalized spacial score (nSPS) is 12.7. The Morgan fingerprint density at radius 1 is 1.31 bits per heavy atom. The monoisotopic (exact) mass is 279 g/mol.